The average Bonchev–Trinajstić information content (AvgIpc) is 3.12. The molecule has 2 unspecified atom stereocenters. The maximum absolute atomic E-state index is 11.1. The lowest BCUT2D eigenvalue weighted by atomic mass is 10.1. The largest absolute Gasteiger partial charge is 0.478 e. The van der Waals surface area contributed by atoms with Crippen molar-refractivity contribution in [2.45, 2.75) is 45.3 Å². The lowest BCUT2D eigenvalue weighted by Crippen LogP contribution is -2.12. The summed E-state index contributed by atoms with van der Waals surface area (Å²) in [6.45, 7) is 5.07. The molecule has 2 heterocycles. The molecular formula is C16H20N2O3. The molecule has 0 radical (unpaired) electrons. The van der Waals surface area contributed by atoms with Gasteiger partial charge in [0, 0.05) is 12.6 Å². The van der Waals surface area contributed by atoms with Gasteiger partial charge in [-0.05, 0) is 44.4 Å². The van der Waals surface area contributed by atoms with E-state index in [-0.39, 0.29) is 11.7 Å². The van der Waals surface area contributed by atoms with Gasteiger partial charge in [-0.1, -0.05) is 6.92 Å². The summed E-state index contributed by atoms with van der Waals surface area (Å²) >= 11 is 0. The predicted molar refractivity (Wildman–Crippen MR) is 79.6 cm³/mol. The zero-order valence-corrected chi connectivity index (χ0v) is 12.4. The molecule has 112 valence electrons. The molecule has 0 bridgehead atoms. The molecule has 5 heteroatoms. The number of hydrogen-bond donors (Lipinski definition) is 1. The summed E-state index contributed by atoms with van der Waals surface area (Å²) in [5.74, 6) is 0.00745. The summed E-state index contributed by atoms with van der Waals surface area (Å²) in [7, 11) is 0. The number of imidazole rings is 1. The van der Waals surface area contributed by atoms with Gasteiger partial charge in [0.1, 0.15) is 11.9 Å². The second-order valence-corrected chi connectivity index (χ2v) is 5.61. The van der Waals surface area contributed by atoms with Crippen LogP contribution in [0.1, 0.15) is 61.4 Å². The number of ether oxygens (including phenoxy) is 1. The van der Waals surface area contributed by atoms with Crippen molar-refractivity contribution in [2.24, 2.45) is 0 Å². The number of rotatable bonds is 4. The van der Waals surface area contributed by atoms with Crippen LogP contribution in [0.25, 0.3) is 11.0 Å². The molecule has 0 aliphatic carbocycles. The molecule has 2 atom stereocenters. The summed E-state index contributed by atoms with van der Waals surface area (Å²) in [5, 5.41) is 9.13. The van der Waals surface area contributed by atoms with E-state index in [2.05, 4.69) is 23.4 Å². The highest BCUT2D eigenvalue weighted by Crippen LogP contribution is 2.33. The SMILES string of the molecule is CCC(C)n1c(C2CCCO2)nc2cc(C(=O)O)ccc21. The average molecular weight is 288 g/mol. The number of benzene rings is 1. The number of aromatic carboxylic acids is 1. The third-order valence-corrected chi connectivity index (χ3v) is 4.21. The van der Waals surface area contributed by atoms with Crippen LogP contribution in [0.3, 0.4) is 0 Å². The van der Waals surface area contributed by atoms with Gasteiger partial charge in [-0.25, -0.2) is 9.78 Å². The Hall–Kier alpha value is -1.88. The van der Waals surface area contributed by atoms with E-state index in [0.717, 1.165) is 42.7 Å². The van der Waals surface area contributed by atoms with Crippen molar-refractivity contribution in [1.29, 1.82) is 0 Å². The minimum atomic E-state index is -0.923. The highest BCUT2D eigenvalue weighted by atomic mass is 16.5. The van der Waals surface area contributed by atoms with Gasteiger partial charge in [0.25, 0.3) is 0 Å². The highest BCUT2D eigenvalue weighted by Gasteiger charge is 2.26. The molecule has 1 N–H and O–H groups in total. The molecule has 3 rings (SSSR count). The minimum Gasteiger partial charge on any atom is -0.478 e. The highest BCUT2D eigenvalue weighted by molar-refractivity contribution is 5.92. The maximum Gasteiger partial charge on any atom is 0.335 e. The van der Waals surface area contributed by atoms with Gasteiger partial charge in [-0.15, -0.1) is 0 Å². The fraction of sp³-hybridized carbons (Fsp3) is 0.500. The number of carboxylic acids is 1. The van der Waals surface area contributed by atoms with Crippen molar-refractivity contribution < 1.29 is 14.6 Å². The first-order valence-corrected chi connectivity index (χ1v) is 7.48. The maximum atomic E-state index is 11.1. The number of aromatic nitrogens is 2. The Bertz CT molecular complexity index is 671. The van der Waals surface area contributed by atoms with E-state index >= 15 is 0 Å². The van der Waals surface area contributed by atoms with Crippen LogP contribution in [0, 0.1) is 0 Å². The molecule has 1 aromatic heterocycles. The van der Waals surface area contributed by atoms with Gasteiger partial charge >= 0.3 is 5.97 Å². The van der Waals surface area contributed by atoms with Crippen LogP contribution in [0.4, 0.5) is 0 Å². The summed E-state index contributed by atoms with van der Waals surface area (Å²) in [6, 6.07) is 5.46. The third kappa shape index (κ3) is 2.42. The van der Waals surface area contributed by atoms with Crippen LogP contribution >= 0.6 is 0 Å². The van der Waals surface area contributed by atoms with Crippen LogP contribution in [0.2, 0.25) is 0 Å². The van der Waals surface area contributed by atoms with Crippen LogP contribution < -0.4 is 0 Å². The van der Waals surface area contributed by atoms with E-state index in [1.54, 1.807) is 12.1 Å². The zero-order valence-electron chi connectivity index (χ0n) is 12.4. The van der Waals surface area contributed by atoms with Crippen LogP contribution in [0.15, 0.2) is 18.2 Å². The Labute approximate surface area is 123 Å². The molecule has 5 nitrogen and oxygen atoms in total. The van der Waals surface area contributed by atoms with Crippen LogP contribution in [0.5, 0.6) is 0 Å². The monoisotopic (exact) mass is 288 g/mol. The Morgan fingerprint density at radius 2 is 2.38 bits per heavy atom. The number of carbonyl (C=O) groups is 1. The lowest BCUT2D eigenvalue weighted by molar-refractivity contribution is 0.0697. The molecule has 2 aromatic rings. The van der Waals surface area contributed by atoms with E-state index in [9.17, 15) is 4.79 Å². The molecule has 1 saturated heterocycles. The molecule has 0 saturated carbocycles. The van der Waals surface area contributed by atoms with Crippen molar-refractivity contribution in [1.82, 2.24) is 9.55 Å². The van der Waals surface area contributed by atoms with Gasteiger partial charge in [-0.3, -0.25) is 0 Å². The smallest absolute Gasteiger partial charge is 0.335 e. The third-order valence-electron chi connectivity index (χ3n) is 4.21. The first-order valence-electron chi connectivity index (χ1n) is 7.48. The number of fused-ring (bicyclic) bond motifs is 1. The van der Waals surface area contributed by atoms with Gasteiger partial charge in [0.05, 0.1) is 16.6 Å². The minimum absolute atomic E-state index is 0.0275. The summed E-state index contributed by atoms with van der Waals surface area (Å²) < 4.78 is 7.99. The molecule has 1 aliphatic heterocycles. The van der Waals surface area contributed by atoms with Gasteiger partial charge in [-0.2, -0.15) is 0 Å². The van der Waals surface area contributed by atoms with Crippen molar-refractivity contribution in [2.75, 3.05) is 6.61 Å². The van der Waals surface area contributed by atoms with Crippen LogP contribution in [-0.2, 0) is 4.74 Å². The first kappa shape index (κ1) is 14.1. The predicted octanol–water partition coefficient (Wildman–Crippen LogP) is 3.56. The van der Waals surface area contributed by atoms with Crippen LogP contribution in [-0.4, -0.2) is 27.2 Å². The quantitative estimate of drug-likeness (QED) is 0.934. The van der Waals surface area contributed by atoms with Crippen molar-refractivity contribution >= 4 is 17.0 Å². The fourth-order valence-corrected chi connectivity index (χ4v) is 2.90. The molecule has 0 spiro atoms. The zero-order chi connectivity index (χ0) is 15.0. The van der Waals surface area contributed by atoms with Gasteiger partial charge < -0.3 is 14.4 Å². The normalized spacial score (nSPS) is 20.0. The molecule has 1 aromatic carbocycles. The van der Waals surface area contributed by atoms with E-state index in [1.165, 1.54) is 0 Å². The molecule has 21 heavy (non-hydrogen) atoms. The molecule has 1 aliphatic rings. The second-order valence-electron chi connectivity index (χ2n) is 5.61. The standard InChI is InChI=1S/C16H20N2O3/c1-3-10(2)18-13-7-6-11(16(19)20)9-12(13)17-15(18)14-5-4-8-21-14/h6-7,9-10,14H,3-5,8H2,1-2H3,(H,19,20). The van der Waals surface area contributed by atoms with Crippen molar-refractivity contribution in [3.63, 3.8) is 0 Å². The van der Waals surface area contributed by atoms with E-state index in [4.69, 9.17) is 9.84 Å². The first-order chi connectivity index (χ1) is 10.1. The summed E-state index contributed by atoms with van der Waals surface area (Å²) in [6.07, 6.45) is 3.05. The fourth-order valence-electron chi connectivity index (χ4n) is 2.90. The molecule has 0 amide bonds. The lowest BCUT2D eigenvalue weighted by Gasteiger charge is -2.18. The van der Waals surface area contributed by atoms with Crippen molar-refractivity contribution in [3.8, 4) is 0 Å². The van der Waals surface area contributed by atoms with Gasteiger partial charge in [0.15, 0.2) is 0 Å². The van der Waals surface area contributed by atoms with E-state index < -0.39 is 5.97 Å². The number of nitrogens with zero attached hydrogens (tertiary/aromatic N) is 2. The molecule has 1 fully saturated rings. The second kappa shape index (κ2) is 5.48. The topological polar surface area (TPSA) is 64.4 Å². The van der Waals surface area contributed by atoms with Crippen molar-refractivity contribution in [3.05, 3.63) is 29.6 Å². The van der Waals surface area contributed by atoms with Gasteiger partial charge in [0.2, 0.25) is 0 Å². The Morgan fingerprint density at radius 3 is 3.00 bits per heavy atom. The Balaban J connectivity index is 2.17. The Morgan fingerprint density at radius 1 is 1.57 bits per heavy atom. The number of carboxylic acid groups (broad SMARTS) is 1. The summed E-state index contributed by atoms with van der Waals surface area (Å²) in [5.41, 5.74) is 2.00. The van der Waals surface area contributed by atoms with E-state index in [0.29, 0.717) is 6.04 Å². The number of hydrogen-bond acceptors (Lipinski definition) is 3. The Kier molecular flexibility index (Phi) is 3.68. The van der Waals surface area contributed by atoms with E-state index in [1.807, 2.05) is 6.07 Å². The summed E-state index contributed by atoms with van der Waals surface area (Å²) in [4.78, 5) is 15.8. The molecular weight excluding hydrogens is 268 g/mol.